The first kappa shape index (κ1) is 13.1. The second-order valence-corrected chi connectivity index (χ2v) is 5.05. The van der Waals surface area contributed by atoms with Crippen molar-refractivity contribution >= 4 is 11.9 Å². The van der Waals surface area contributed by atoms with E-state index in [9.17, 15) is 4.79 Å². The Kier molecular flexibility index (Phi) is 4.06. The standard InChI is InChI=1S/C12H22N4O2/c1-13-10(17)7-15-11(14-2)16-5-3-12(8-16)4-6-18-9-12/h3-9H2,1-2H3,(H,13,17)(H,14,15). The molecular weight excluding hydrogens is 232 g/mol. The van der Waals surface area contributed by atoms with Crippen LogP contribution in [-0.4, -0.2) is 63.7 Å². The summed E-state index contributed by atoms with van der Waals surface area (Å²) >= 11 is 0. The fourth-order valence-electron chi connectivity index (χ4n) is 2.67. The maximum atomic E-state index is 11.2. The Balaban J connectivity index is 1.88. The highest BCUT2D eigenvalue weighted by Gasteiger charge is 2.42. The molecule has 0 aromatic rings. The highest BCUT2D eigenvalue weighted by Crippen LogP contribution is 2.37. The van der Waals surface area contributed by atoms with Gasteiger partial charge in [0.1, 0.15) is 0 Å². The van der Waals surface area contributed by atoms with E-state index in [0.717, 1.165) is 45.1 Å². The molecule has 2 saturated heterocycles. The number of nitrogens with one attached hydrogen (secondary N) is 2. The third-order valence-electron chi connectivity index (χ3n) is 3.82. The topological polar surface area (TPSA) is 66.0 Å². The molecule has 1 spiro atoms. The van der Waals surface area contributed by atoms with Gasteiger partial charge in [-0.3, -0.25) is 9.79 Å². The number of likely N-dealkylation sites (N-methyl/N-ethyl adjacent to an activating group) is 1. The highest BCUT2D eigenvalue weighted by atomic mass is 16.5. The number of carbonyl (C=O) groups is 1. The summed E-state index contributed by atoms with van der Waals surface area (Å²) in [5.74, 6) is 0.775. The first-order valence-electron chi connectivity index (χ1n) is 6.43. The normalized spacial score (nSPS) is 27.9. The van der Waals surface area contributed by atoms with Gasteiger partial charge in [0.15, 0.2) is 5.96 Å². The Morgan fingerprint density at radius 3 is 2.94 bits per heavy atom. The lowest BCUT2D eigenvalue weighted by atomic mass is 9.87. The number of likely N-dealkylation sites (tertiary alicyclic amines) is 1. The maximum absolute atomic E-state index is 11.2. The van der Waals surface area contributed by atoms with Crippen LogP contribution in [0.15, 0.2) is 4.99 Å². The van der Waals surface area contributed by atoms with E-state index in [-0.39, 0.29) is 12.5 Å². The summed E-state index contributed by atoms with van der Waals surface area (Å²) < 4.78 is 5.51. The molecule has 0 saturated carbocycles. The lowest BCUT2D eigenvalue weighted by Gasteiger charge is -2.24. The van der Waals surface area contributed by atoms with Gasteiger partial charge < -0.3 is 20.3 Å². The Hall–Kier alpha value is -1.30. The summed E-state index contributed by atoms with van der Waals surface area (Å²) in [6, 6.07) is 0. The molecule has 6 nitrogen and oxygen atoms in total. The summed E-state index contributed by atoms with van der Waals surface area (Å²) in [7, 11) is 3.38. The van der Waals surface area contributed by atoms with Crippen molar-refractivity contribution in [2.45, 2.75) is 12.8 Å². The number of hydrogen-bond acceptors (Lipinski definition) is 3. The average Bonchev–Trinajstić information content (AvgIpc) is 3.01. The predicted octanol–water partition coefficient (Wildman–Crippen LogP) is -0.580. The Morgan fingerprint density at radius 2 is 2.33 bits per heavy atom. The molecule has 1 atom stereocenters. The van der Waals surface area contributed by atoms with Crippen molar-refractivity contribution in [1.29, 1.82) is 0 Å². The van der Waals surface area contributed by atoms with Crippen LogP contribution in [0.25, 0.3) is 0 Å². The molecule has 0 bridgehead atoms. The second-order valence-electron chi connectivity index (χ2n) is 5.05. The average molecular weight is 254 g/mol. The van der Waals surface area contributed by atoms with Gasteiger partial charge in [-0.15, -0.1) is 0 Å². The maximum Gasteiger partial charge on any atom is 0.239 e. The number of rotatable bonds is 2. The zero-order valence-electron chi connectivity index (χ0n) is 11.2. The van der Waals surface area contributed by atoms with E-state index in [1.165, 1.54) is 0 Å². The van der Waals surface area contributed by atoms with Crippen molar-refractivity contribution in [3.05, 3.63) is 0 Å². The van der Waals surface area contributed by atoms with Gasteiger partial charge in [-0.2, -0.15) is 0 Å². The molecule has 2 N–H and O–H groups in total. The van der Waals surface area contributed by atoms with E-state index in [4.69, 9.17) is 4.74 Å². The molecule has 102 valence electrons. The lowest BCUT2D eigenvalue weighted by molar-refractivity contribution is -0.119. The minimum atomic E-state index is -0.0331. The molecule has 2 heterocycles. The van der Waals surface area contributed by atoms with E-state index in [0.29, 0.717) is 5.41 Å². The van der Waals surface area contributed by atoms with Crippen LogP contribution in [0.1, 0.15) is 12.8 Å². The van der Waals surface area contributed by atoms with Gasteiger partial charge in [-0.1, -0.05) is 0 Å². The minimum absolute atomic E-state index is 0.0331. The van der Waals surface area contributed by atoms with Crippen LogP contribution >= 0.6 is 0 Å². The number of nitrogens with zero attached hydrogens (tertiary/aromatic N) is 2. The van der Waals surface area contributed by atoms with Crippen molar-refractivity contribution < 1.29 is 9.53 Å². The van der Waals surface area contributed by atoms with Crippen molar-refractivity contribution in [3.8, 4) is 0 Å². The molecule has 2 aliphatic heterocycles. The molecule has 2 fully saturated rings. The Morgan fingerprint density at radius 1 is 1.50 bits per heavy atom. The van der Waals surface area contributed by atoms with Crippen molar-refractivity contribution in [3.63, 3.8) is 0 Å². The minimum Gasteiger partial charge on any atom is -0.381 e. The molecule has 0 radical (unpaired) electrons. The van der Waals surface area contributed by atoms with Crippen LogP contribution in [0, 0.1) is 5.41 Å². The number of amides is 1. The van der Waals surface area contributed by atoms with Crippen molar-refractivity contribution in [1.82, 2.24) is 15.5 Å². The second kappa shape index (κ2) is 5.56. The highest BCUT2D eigenvalue weighted by molar-refractivity contribution is 5.86. The summed E-state index contributed by atoms with van der Waals surface area (Å²) in [6.45, 7) is 3.95. The first-order valence-corrected chi connectivity index (χ1v) is 6.43. The first-order chi connectivity index (χ1) is 8.69. The van der Waals surface area contributed by atoms with Crippen LogP contribution in [0.5, 0.6) is 0 Å². The van der Waals surface area contributed by atoms with Gasteiger partial charge in [-0.05, 0) is 12.8 Å². The number of ether oxygens (including phenoxy) is 1. The molecule has 6 heteroatoms. The molecule has 0 aromatic carbocycles. The zero-order chi connectivity index (χ0) is 13.0. The Labute approximate surface area is 108 Å². The Bertz CT molecular complexity index is 337. The van der Waals surface area contributed by atoms with Crippen LogP contribution in [0.3, 0.4) is 0 Å². The van der Waals surface area contributed by atoms with Gasteiger partial charge in [0.2, 0.25) is 5.91 Å². The van der Waals surface area contributed by atoms with Crippen molar-refractivity contribution in [2.75, 3.05) is 46.9 Å². The van der Waals surface area contributed by atoms with Gasteiger partial charge in [0.05, 0.1) is 13.2 Å². The molecule has 0 aromatic heterocycles. The summed E-state index contributed by atoms with van der Waals surface area (Å²) in [6.07, 6.45) is 2.28. The quantitative estimate of drug-likeness (QED) is 0.511. The van der Waals surface area contributed by atoms with E-state index in [1.807, 2.05) is 0 Å². The third kappa shape index (κ3) is 2.75. The fourth-order valence-corrected chi connectivity index (χ4v) is 2.67. The van der Waals surface area contributed by atoms with Gasteiger partial charge in [-0.25, -0.2) is 0 Å². The van der Waals surface area contributed by atoms with Gasteiger partial charge in [0, 0.05) is 39.2 Å². The molecule has 1 unspecified atom stereocenters. The zero-order valence-corrected chi connectivity index (χ0v) is 11.2. The van der Waals surface area contributed by atoms with E-state index in [1.54, 1.807) is 14.1 Å². The lowest BCUT2D eigenvalue weighted by Crippen LogP contribution is -2.44. The monoisotopic (exact) mass is 254 g/mol. The largest absolute Gasteiger partial charge is 0.381 e. The molecule has 2 aliphatic rings. The van der Waals surface area contributed by atoms with E-state index in [2.05, 4.69) is 20.5 Å². The summed E-state index contributed by atoms with van der Waals surface area (Å²) in [5.41, 5.74) is 0.310. The number of hydrogen-bond donors (Lipinski definition) is 2. The number of aliphatic imine (C=N–C) groups is 1. The number of guanidine groups is 1. The fraction of sp³-hybridized carbons (Fsp3) is 0.833. The SMILES string of the molecule is CN=C(NCC(=O)NC)N1CCC2(CCOC2)C1. The van der Waals surface area contributed by atoms with Gasteiger partial charge >= 0.3 is 0 Å². The number of carbonyl (C=O) groups excluding carboxylic acids is 1. The molecule has 18 heavy (non-hydrogen) atoms. The van der Waals surface area contributed by atoms with Crippen LogP contribution < -0.4 is 10.6 Å². The predicted molar refractivity (Wildman–Crippen MR) is 69.5 cm³/mol. The van der Waals surface area contributed by atoms with Crippen LogP contribution in [-0.2, 0) is 9.53 Å². The van der Waals surface area contributed by atoms with E-state index >= 15 is 0 Å². The summed E-state index contributed by atoms with van der Waals surface area (Å²) in [4.78, 5) is 17.7. The molecule has 0 aliphatic carbocycles. The van der Waals surface area contributed by atoms with Crippen molar-refractivity contribution in [2.24, 2.45) is 10.4 Å². The van der Waals surface area contributed by atoms with Crippen LogP contribution in [0.2, 0.25) is 0 Å². The molecular formula is C12H22N4O2. The van der Waals surface area contributed by atoms with Crippen LogP contribution in [0.4, 0.5) is 0 Å². The molecule has 1 amide bonds. The smallest absolute Gasteiger partial charge is 0.239 e. The van der Waals surface area contributed by atoms with Gasteiger partial charge in [0.25, 0.3) is 0 Å². The molecule has 2 rings (SSSR count). The third-order valence-corrected chi connectivity index (χ3v) is 3.82. The summed E-state index contributed by atoms with van der Waals surface area (Å²) in [5, 5.41) is 5.68. The van der Waals surface area contributed by atoms with E-state index < -0.39 is 0 Å².